The van der Waals surface area contributed by atoms with Crippen molar-refractivity contribution < 1.29 is 0 Å². The van der Waals surface area contributed by atoms with Crippen LogP contribution in [-0.4, -0.2) is 19.1 Å². The minimum atomic E-state index is 0.315. The first-order valence-electron chi connectivity index (χ1n) is 5.43. The normalized spacial score (nSPS) is 29.8. The first-order chi connectivity index (χ1) is 6.27. The van der Waals surface area contributed by atoms with Crippen LogP contribution in [0.25, 0.3) is 0 Å². The lowest BCUT2D eigenvalue weighted by molar-refractivity contribution is 0.145. The molecule has 3 unspecified atom stereocenters. The lowest BCUT2D eigenvalue weighted by Gasteiger charge is -2.38. The third kappa shape index (κ3) is 3.25. The predicted molar refractivity (Wildman–Crippen MR) is 56.1 cm³/mol. The Morgan fingerprint density at radius 1 is 1.08 bits per heavy atom. The fraction of sp³-hybridized carbons (Fsp3) is 1.00. The van der Waals surface area contributed by atoms with Crippen molar-refractivity contribution in [2.24, 2.45) is 29.0 Å². The minimum Gasteiger partial charge on any atom is -0.330 e. The summed E-state index contributed by atoms with van der Waals surface area (Å²) in [6.45, 7) is 1.54. The second-order valence-electron chi connectivity index (χ2n) is 4.25. The van der Waals surface area contributed by atoms with Crippen LogP contribution in [0.3, 0.4) is 0 Å². The summed E-state index contributed by atoms with van der Waals surface area (Å²) in [5, 5.41) is 0. The molecule has 6 N–H and O–H groups in total. The number of nitrogens with two attached hydrogens (primary N) is 3. The minimum absolute atomic E-state index is 0.315. The molecule has 3 nitrogen and oxygen atoms in total. The van der Waals surface area contributed by atoms with E-state index in [4.69, 9.17) is 17.2 Å². The summed E-state index contributed by atoms with van der Waals surface area (Å²) >= 11 is 0. The molecule has 1 fully saturated rings. The Bertz CT molecular complexity index is 138. The third-order valence-corrected chi connectivity index (χ3v) is 3.26. The van der Waals surface area contributed by atoms with Crippen molar-refractivity contribution in [3.8, 4) is 0 Å². The molecule has 0 spiro atoms. The van der Waals surface area contributed by atoms with Crippen LogP contribution in [0.5, 0.6) is 0 Å². The van der Waals surface area contributed by atoms with Crippen LogP contribution >= 0.6 is 0 Å². The highest BCUT2D eigenvalue weighted by Gasteiger charge is 2.30. The zero-order valence-corrected chi connectivity index (χ0v) is 8.41. The molecule has 0 aromatic carbocycles. The van der Waals surface area contributed by atoms with Crippen LogP contribution < -0.4 is 17.2 Å². The molecule has 78 valence electrons. The molecular weight excluding hydrogens is 162 g/mol. The Balaban J connectivity index is 2.14. The standard InChI is InChI=1S/C10H23N3/c11-5-3-8-1-2-9(8)7-10(13)4-6-12/h8-10H,1-7,11-13H2. The molecule has 0 aliphatic heterocycles. The SMILES string of the molecule is NCCC(N)CC1CCC1CCN. The van der Waals surface area contributed by atoms with Crippen LogP contribution in [0.15, 0.2) is 0 Å². The lowest BCUT2D eigenvalue weighted by atomic mass is 9.69. The van der Waals surface area contributed by atoms with E-state index in [1.165, 1.54) is 19.3 Å². The highest BCUT2D eigenvalue weighted by molar-refractivity contribution is 4.83. The Morgan fingerprint density at radius 3 is 2.23 bits per heavy atom. The van der Waals surface area contributed by atoms with Gasteiger partial charge in [-0.25, -0.2) is 0 Å². The van der Waals surface area contributed by atoms with Crippen LogP contribution in [0.1, 0.15) is 32.1 Å². The van der Waals surface area contributed by atoms with Gasteiger partial charge in [0, 0.05) is 6.04 Å². The first-order valence-corrected chi connectivity index (χ1v) is 5.43. The highest BCUT2D eigenvalue weighted by Crippen LogP contribution is 2.39. The van der Waals surface area contributed by atoms with Gasteiger partial charge in [0.15, 0.2) is 0 Å². The summed E-state index contributed by atoms with van der Waals surface area (Å²) in [4.78, 5) is 0. The topological polar surface area (TPSA) is 78.1 Å². The van der Waals surface area contributed by atoms with Crippen molar-refractivity contribution in [3.05, 3.63) is 0 Å². The van der Waals surface area contributed by atoms with Crippen molar-refractivity contribution in [2.75, 3.05) is 13.1 Å². The van der Waals surface area contributed by atoms with E-state index in [0.717, 1.165) is 37.8 Å². The highest BCUT2D eigenvalue weighted by atomic mass is 14.7. The average Bonchev–Trinajstić information content (AvgIpc) is 2.09. The fourth-order valence-corrected chi connectivity index (χ4v) is 2.26. The van der Waals surface area contributed by atoms with E-state index < -0.39 is 0 Å². The van der Waals surface area contributed by atoms with Crippen molar-refractivity contribution >= 4 is 0 Å². The summed E-state index contributed by atoms with van der Waals surface area (Å²) in [7, 11) is 0. The quantitative estimate of drug-likeness (QED) is 0.561. The Kier molecular flexibility index (Phi) is 4.70. The number of hydrogen-bond donors (Lipinski definition) is 3. The number of hydrogen-bond acceptors (Lipinski definition) is 3. The summed E-state index contributed by atoms with van der Waals surface area (Å²) in [5.41, 5.74) is 16.9. The molecule has 0 amide bonds. The molecule has 0 heterocycles. The molecule has 3 heteroatoms. The Hall–Kier alpha value is -0.120. The van der Waals surface area contributed by atoms with Crippen LogP contribution in [-0.2, 0) is 0 Å². The zero-order chi connectivity index (χ0) is 9.68. The van der Waals surface area contributed by atoms with Gasteiger partial charge in [-0.2, -0.15) is 0 Å². The average molecular weight is 185 g/mol. The van der Waals surface area contributed by atoms with E-state index in [0.29, 0.717) is 6.04 Å². The fourth-order valence-electron chi connectivity index (χ4n) is 2.26. The molecule has 1 aliphatic rings. The van der Waals surface area contributed by atoms with Gasteiger partial charge >= 0.3 is 0 Å². The second kappa shape index (κ2) is 5.58. The molecule has 0 saturated heterocycles. The summed E-state index contributed by atoms with van der Waals surface area (Å²) in [6, 6.07) is 0.315. The van der Waals surface area contributed by atoms with Gasteiger partial charge in [-0.3, -0.25) is 0 Å². The molecule has 3 atom stereocenters. The van der Waals surface area contributed by atoms with Crippen molar-refractivity contribution in [2.45, 2.75) is 38.1 Å². The van der Waals surface area contributed by atoms with Crippen molar-refractivity contribution in [1.29, 1.82) is 0 Å². The van der Waals surface area contributed by atoms with E-state index in [2.05, 4.69) is 0 Å². The van der Waals surface area contributed by atoms with Crippen LogP contribution in [0.4, 0.5) is 0 Å². The third-order valence-electron chi connectivity index (χ3n) is 3.26. The maximum absolute atomic E-state index is 5.94. The van der Waals surface area contributed by atoms with Gasteiger partial charge in [0.2, 0.25) is 0 Å². The summed E-state index contributed by atoms with van der Waals surface area (Å²) < 4.78 is 0. The molecule has 1 saturated carbocycles. The molecule has 1 aliphatic carbocycles. The smallest absolute Gasteiger partial charge is 0.00535 e. The van der Waals surface area contributed by atoms with Gasteiger partial charge in [0.25, 0.3) is 0 Å². The van der Waals surface area contributed by atoms with Crippen molar-refractivity contribution in [1.82, 2.24) is 0 Å². The van der Waals surface area contributed by atoms with Crippen molar-refractivity contribution in [3.63, 3.8) is 0 Å². The van der Waals surface area contributed by atoms with Gasteiger partial charge in [0.1, 0.15) is 0 Å². The second-order valence-corrected chi connectivity index (χ2v) is 4.25. The summed E-state index contributed by atoms with van der Waals surface area (Å²) in [5.74, 6) is 1.69. The molecule has 0 radical (unpaired) electrons. The lowest BCUT2D eigenvalue weighted by Crippen LogP contribution is -2.35. The molecular formula is C10H23N3. The molecule has 1 rings (SSSR count). The number of rotatable bonds is 6. The maximum Gasteiger partial charge on any atom is 0.00535 e. The van der Waals surface area contributed by atoms with Crippen LogP contribution in [0, 0.1) is 11.8 Å². The Morgan fingerprint density at radius 2 is 1.77 bits per heavy atom. The first kappa shape index (κ1) is 11.0. The summed E-state index contributed by atoms with van der Waals surface area (Å²) in [6.07, 6.45) is 6.01. The van der Waals surface area contributed by atoms with Gasteiger partial charge in [-0.1, -0.05) is 0 Å². The van der Waals surface area contributed by atoms with E-state index in [1.54, 1.807) is 0 Å². The maximum atomic E-state index is 5.94. The van der Waals surface area contributed by atoms with Gasteiger partial charge in [-0.15, -0.1) is 0 Å². The molecule has 0 aromatic heterocycles. The van der Waals surface area contributed by atoms with E-state index in [1.807, 2.05) is 0 Å². The van der Waals surface area contributed by atoms with Gasteiger partial charge < -0.3 is 17.2 Å². The van der Waals surface area contributed by atoms with E-state index >= 15 is 0 Å². The van der Waals surface area contributed by atoms with Gasteiger partial charge in [0.05, 0.1) is 0 Å². The molecule has 13 heavy (non-hydrogen) atoms. The monoisotopic (exact) mass is 185 g/mol. The van der Waals surface area contributed by atoms with Crippen LogP contribution in [0.2, 0.25) is 0 Å². The van der Waals surface area contributed by atoms with E-state index in [9.17, 15) is 0 Å². The zero-order valence-electron chi connectivity index (χ0n) is 8.41. The van der Waals surface area contributed by atoms with Gasteiger partial charge in [-0.05, 0) is 57.0 Å². The Labute approximate surface area is 81.0 Å². The predicted octanol–water partition coefficient (Wildman–Crippen LogP) is 0.428. The molecule has 0 aromatic rings. The largest absolute Gasteiger partial charge is 0.330 e. The molecule has 0 bridgehead atoms. The van der Waals surface area contributed by atoms with E-state index in [-0.39, 0.29) is 0 Å².